The van der Waals surface area contributed by atoms with E-state index in [9.17, 15) is 4.79 Å². The molecule has 2 aliphatic heterocycles. The van der Waals surface area contributed by atoms with Crippen molar-refractivity contribution in [1.82, 2.24) is 14.9 Å². The Morgan fingerprint density at radius 3 is 2.53 bits per heavy atom. The highest BCUT2D eigenvalue weighted by Crippen LogP contribution is 2.54. The highest BCUT2D eigenvalue weighted by atomic mass is 16.5. The fourth-order valence-corrected chi connectivity index (χ4v) is 4.09. The van der Waals surface area contributed by atoms with Crippen molar-refractivity contribution in [3.8, 4) is 28.4 Å². The van der Waals surface area contributed by atoms with Crippen LogP contribution in [0.25, 0.3) is 11.1 Å². The average molecular weight is 401 g/mol. The van der Waals surface area contributed by atoms with Crippen LogP contribution < -0.4 is 15.2 Å². The van der Waals surface area contributed by atoms with Gasteiger partial charge in [0.15, 0.2) is 5.96 Å². The molecule has 3 aromatic rings. The molecule has 5 rings (SSSR count). The number of aromatic nitrogens is 2. The van der Waals surface area contributed by atoms with E-state index >= 15 is 0 Å². The zero-order valence-electron chi connectivity index (χ0n) is 16.7. The lowest BCUT2D eigenvalue weighted by atomic mass is 9.78. The Morgan fingerprint density at radius 2 is 1.87 bits per heavy atom. The Bertz CT molecular complexity index is 1220. The SMILES string of the molecule is COc1ccc2c(c1C)Oc1ccc(-c3cncnc3)cc1C21N=C(N)N(C)C1=O. The second-order valence-corrected chi connectivity index (χ2v) is 7.25. The Hall–Kier alpha value is -3.94. The lowest BCUT2D eigenvalue weighted by Gasteiger charge is -2.34. The van der Waals surface area contributed by atoms with Crippen molar-refractivity contribution in [2.75, 3.05) is 14.2 Å². The molecular formula is C22H19N5O3. The fraction of sp³-hybridized carbons (Fsp3) is 0.182. The molecule has 30 heavy (non-hydrogen) atoms. The fourth-order valence-electron chi connectivity index (χ4n) is 4.09. The van der Waals surface area contributed by atoms with Crippen LogP contribution in [-0.4, -0.2) is 40.9 Å². The van der Waals surface area contributed by atoms with Gasteiger partial charge in [-0.2, -0.15) is 0 Å². The maximum absolute atomic E-state index is 13.6. The largest absolute Gasteiger partial charge is 0.496 e. The topological polar surface area (TPSA) is 103 Å². The van der Waals surface area contributed by atoms with Gasteiger partial charge in [-0.15, -0.1) is 0 Å². The predicted octanol–water partition coefficient (Wildman–Crippen LogP) is 2.60. The maximum Gasteiger partial charge on any atom is 0.266 e. The number of hydrogen-bond donors (Lipinski definition) is 1. The number of methoxy groups -OCH3 is 1. The molecule has 0 bridgehead atoms. The van der Waals surface area contributed by atoms with Crippen LogP contribution in [0.15, 0.2) is 54.0 Å². The molecule has 3 heterocycles. The minimum atomic E-state index is -1.33. The van der Waals surface area contributed by atoms with Gasteiger partial charge in [0.25, 0.3) is 5.91 Å². The van der Waals surface area contributed by atoms with Crippen molar-refractivity contribution >= 4 is 11.9 Å². The van der Waals surface area contributed by atoms with Crippen LogP contribution in [0.3, 0.4) is 0 Å². The Balaban J connectivity index is 1.82. The molecule has 1 amide bonds. The molecule has 2 aromatic carbocycles. The number of rotatable bonds is 2. The second kappa shape index (κ2) is 6.28. The Kier molecular flexibility index (Phi) is 3.79. The van der Waals surface area contributed by atoms with Crippen LogP contribution in [0.4, 0.5) is 0 Å². The number of amides is 1. The van der Waals surface area contributed by atoms with Crippen LogP contribution in [0.1, 0.15) is 16.7 Å². The van der Waals surface area contributed by atoms with Crippen molar-refractivity contribution in [1.29, 1.82) is 0 Å². The van der Waals surface area contributed by atoms with Gasteiger partial charge in [0.05, 0.1) is 7.11 Å². The van der Waals surface area contributed by atoms with E-state index in [2.05, 4.69) is 15.0 Å². The van der Waals surface area contributed by atoms with Crippen molar-refractivity contribution < 1.29 is 14.3 Å². The normalized spacial score (nSPS) is 19.2. The average Bonchev–Trinajstić information content (AvgIpc) is 3.00. The summed E-state index contributed by atoms with van der Waals surface area (Å²) in [6.45, 7) is 1.89. The minimum Gasteiger partial charge on any atom is -0.496 e. The summed E-state index contributed by atoms with van der Waals surface area (Å²) in [4.78, 5) is 27.8. The van der Waals surface area contributed by atoms with Crippen molar-refractivity contribution in [3.63, 3.8) is 0 Å². The highest BCUT2D eigenvalue weighted by Gasteiger charge is 2.55. The molecule has 0 saturated heterocycles. The number of carbonyl (C=O) groups is 1. The van der Waals surface area contributed by atoms with Crippen molar-refractivity contribution in [2.45, 2.75) is 12.5 Å². The molecule has 1 spiro atoms. The number of fused-ring (bicyclic) bond motifs is 4. The number of nitrogens with zero attached hydrogens (tertiary/aromatic N) is 4. The third-order valence-corrected chi connectivity index (χ3v) is 5.68. The number of aliphatic imine (C=N–C) groups is 1. The lowest BCUT2D eigenvalue weighted by Crippen LogP contribution is -2.42. The summed E-state index contributed by atoms with van der Waals surface area (Å²) in [7, 11) is 3.22. The highest BCUT2D eigenvalue weighted by molar-refractivity contribution is 6.10. The molecule has 2 aliphatic rings. The lowest BCUT2D eigenvalue weighted by molar-refractivity contribution is -0.129. The van der Waals surface area contributed by atoms with E-state index in [1.165, 1.54) is 11.2 Å². The summed E-state index contributed by atoms with van der Waals surface area (Å²) in [5.74, 6) is 1.68. The van der Waals surface area contributed by atoms with E-state index in [4.69, 9.17) is 15.2 Å². The van der Waals surface area contributed by atoms with E-state index < -0.39 is 5.54 Å². The number of guanidine groups is 1. The van der Waals surface area contributed by atoms with Gasteiger partial charge in [-0.3, -0.25) is 9.69 Å². The van der Waals surface area contributed by atoms with E-state index in [0.717, 1.165) is 16.7 Å². The summed E-state index contributed by atoms with van der Waals surface area (Å²) in [6, 6.07) is 9.26. The first-order valence-electron chi connectivity index (χ1n) is 9.36. The maximum atomic E-state index is 13.6. The van der Waals surface area contributed by atoms with Crippen molar-refractivity contribution in [2.24, 2.45) is 10.7 Å². The van der Waals surface area contributed by atoms with Gasteiger partial charge < -0.3 is 15.2 Å². The number of hydrogen-bond acceptors (Lipinski definition) is 7. The third-order valence-electron chi connectivity index (χ3n) is 5.68. The monoisotopic (exact) mass is 401 g/mol. The van der Waals surface area contributed by atoms with Crippen molar-refractivity contribution in [3.05, 3.63) is 65.7 Å². The van der Waals surface area contributed by atoms with E-state index in [1.54, 1.807) is 26.6 Å². The minimum absolute atomic E-state index is 0.153. The van der Waals surface area contributed by atoms with Crippen LogP contribution in [0, 0.1) is 6.92 Å². The molecule has 2 N–H and O–H groups in total. The zero-order valence-corrected chi connectivity index (χ0v) is 16.7. The van der Waals surface area contributed by atoms with E-state index in [0.29, 0.717) is 28.4 Å². The van der Waals surface area contributed by atoms with Gasteiger partial charge in [-0.25, -0.2) is 15.0 Å². The molecule has 0 fully saturated rings. The van der Waals surface area contributed by atoms with Gasteiger partial charge in [-0.05, 0) is 36.8 Å². The Morgan fingerprint density at radius 1 is 1.10 bits per heavy atom. The van der Waals surface area contributed by atoms with E-state index in [1.807, 2.05) is 37.3 Å². The summed E-state index contributed by atoms with van der Waals surface area (Å²) < 4.78 is 11.7. The van der Waals surface area contributed by atoms with Crippen LogP contribution in [-0.2, 0) is 10.3 Å². The van der Waals surface area contributed by atoms with Gasteiger partial charge in [0.1, 0.15) is 23.6 Å². The van der Waals surface area contributed by atoms with E-state index in [-0.39, 0.29) is 11.9 Å². The first-order valence-corrected chi connectivity index (χ1v) is 9.36. The third kappa shape index (κ3) is 2.27. The summed E-state index contributed by atoms with van der Waals surface area (Å²) in [5.41, 5.74) is 8.49. The first kappa shape index (κ1) is 18.1. The number of benzene rings is 2. The summed E-state index contributed by atoms with van der Waals surface area (Å²) in [5, 5.41) is 0. The van der Waals surface area contributed by atoms with Crippen LogP contribution in [0.5, 0.6) is 17.2 Å². The standard InChI is InChI=1S/C22H19N5O3/c1-12-17(29-3)7-5-15-19(12)30-18-6-4-13(14-9-24-11-25-10-14)8-16(18)22(15)20(28)27(2)21(23)26-22/h4-11H,1-3H3,(H2,23,26). The molecular weight excluding hydrogens is 382 g/mol. The number of nitrogens with two attached hydrogens (primary N) is 1. The van der Waals surface area contributed by atoms with Gasteiger partial charge in [0.2, 0.25) is 5.54 Å². The molecule has 1 unspecified atom stereocenters. The molecule has 1 atom stereocenters. The number of likely N-dealkylation sites (N-methyl/N-ethyl adjacent to an activating group) is 1. The van der Waals surface area contributed by atoms with Crippen LogP contribution in [0.2, 0.25) is 0 Å². The molecule has 0 saturated carbocycles. The van der Waals surface area contributed by atoms with Crippen LogP contribution >= 0.6 is 0 Å². The van der Waals surface area contributed by atoms with Gasteiger partial charge >= 0.3 is 0 Å². The summed E-state index contributed by atoms with van der Waals surface area (Å²) >= 11 is 0. The predicted molar refractivity (Wildman–Crippen MR) is 110 cm³/mol. The van der Waals surface area contributed by atoms with Gasteiger partial charge in [0, 0.05) is 41.7 Å². The quantitative estimate of drug-likeness (QED) is 0.708. The smallest absolute Gasteiger partial charge is 0.266 e. The molecule has 0 aliphatic carbocycles. The van der Waals surface area contributed by atoms with Gasteiger partial charge in [-0.1, -0.05) is 6.07 Å². The molecule has 1 aromatic heterocycles. The number of ether oxygens (including phenoxy) is 2. The molecule has 150 valence electrons. The zero-order chi connectivity index (χ0) is 21.0. The first-order chi connectivity index (χ1) is 14.5. The molecule has 0 radical (unpaired) electrons. The molecule has 8 heteroatoms. The summed E-state index contributed by atoms with van der Waals surface area (Å²) in [6.07, 6.45) is 4.90. The molecule has 8 nitrogen and oxygen atoms in total. The number of carbonyl (C=O) groups excluding carboxylic acids is 1. The second-order valence-electron chi connectivity index (χ2n) is 7.25. The Labute approximate surface area is 173 Å².